The lowest BCUT2D eigenvalue weighted by atomic mass is 10.1. The predicted molar refractivity (Wildman–Crippen MR) is 114 cm³/mol. The van der Waals surface area contributed by atoms with Gasteiger partial charge in [0.05, 0.1) is 18.0 Å². The molecule has 0 fully saturated rings. The molecule has 6 nitrogen and oxygen atoms in total. The normalized spacial score (nSPS) is 13.5. The first-order valence-corrected chi connectivity index (χ1v) is 10.7. The highest BCUT2D eigenvalue weighted by Crippen LogP contribution is 2.29. The number of benzene rings is 2. The third-order valence-electron chi connectivity index (χ3n) is 4.31. The molecular formula is C20H19N5OS2. The van der Waals surface area contributed by atoms with Crippen LogP contribution < -0.4 is 5.32 Å². The first kappa shape index (κ1) is 18.6. The molecule has 3 aromatic rings. The molecule has 4 rings (SSSR count). The molecule has 1 aliphatic heterocycles. The second-order valence-electron chi connectivity index (χ2n) is 6.28. The number of carbonyl (C=O) groups excluding carboxylic acids is 1. The molecule has 142 valence electrons. The summed E-state index contributed by atoms with van der Waals surface area (Å²) in [5, 5.41) is 18.4. The van der Waals surface area contributed by atoms with Crippen LogP contribution in [0, 0.1) is 6.92 Å². The van der Waals surface area contributed by atoms with Gasteiger partial charge < -0.3 is 5.32 Å². The first-order chi connectivity index (χ1) is 13.7. The molecule has 8 heteroatoms. The second kappa shape index (κ2) is 8.53. The third-order valence-corrected chi connectivity index (χ3v) is 6.27. The maximum absolute atomic E-state index is 12.5. The summed E-state index contributed by atoms with van der Waals surface area (Å²) in [6.07, 6.45) is 0.781. The van der Waals surface area contributed by atoms with E-state index in [9.17, 15) is 4.79 Å². The number of rotatable bonds is 6. The lowest BCUT2D eigenvalue weighted by molar-refractivity contribution is -0.127. The van der Waals surface area contributed by atoms with Gasteiger partial charge in [0.25, 0.3) is 5.91 Å². The van der Waals surface area contributed by atoms with Crippen molar-refractivity contribution in [2.75, 3.05) is 17.6 Å². The van der Waals surface area contributed by atoms with Crippen molar-refractivity contribution < 1.29 is 4.79 Å². The Hall–Kier alpha value is -2.71. The van der Waals surface area contributed by atoms with Gasteiger partial charge in [0.15, 0.2) is 4.34 Å². The molecule has 1 N–H and O–H groups in total. The lowest BCUT2D eigenvalue weighted by Crippen LogP contribution is -2.25. The molecule has 0 saturated heterocycles. The van der Waals surface area contributed by atoms with Gasteiger partial charge in [-0.2, -0.15) is 5.10 Å². The number of hydrazone groups is 1. The average molecular weight is 410 g/mol. The highest BCUT2D eigenvalue weighted by atomic mass is 32.2. The summed E-state index contributed by atoms with van der Waals surface area (Å²) in [5.41, 5.74) is 4.18. The summed E-state index contributed by atoms with van der Waals surface area (Å²) in [5.74, 6) is 0.282. The first-order valence-electron chi connectivity index (χ1n) is 8.91. The van der Waals surface area contributed by atoms with E-state index in [4.69, 9.17) is 0 Å². The van der Waals surface area contributed by atoms with Crippen LogP contribution in [0.3, 0.4) is 0 Å². The molecule has 0 radical (unpaired) electrons. The zero-order chi connectivity index (χ0) is 19.3. The van der Waals surface area contributed by atoms with Crippen LogP contribution in [0.15, 0.2) is 64.0 Å². The molecular weight excluding hydrogens is 390 g/mol. The second-order valence-corrected chi connectivity index (χ2v) is 8.48. The van der Waals surface area contributed by atoms with E-state index in [1.807, 2.05) is 61.5 Å². The SMILES string of the molecule is Cc1ccccc1Nc1nnc(SCC(=O)N2CCC(c3ccccc3)=N2)s1. The largest absolute Gasteiger partial charge is 0.330 e. The Bertz CT molecular complexity index is 1000. The average Bonchev–Trinajstić information content (AvgIpc) is 3.38. The molecule has 0 saturated carbocycles. The minimum atomic E-state index is -0.0143. The molecule has 1 aromatic heterocycles. The fourth-order valence-corrected chi connectivity index (χ4v) is 4.45. The van der Waals surface area contributed by atoms with Crippen molar-refractivity contribution >= 4 is 45.5 Å². The van der Waals surface area contributed by atoms with Crippen LogP contribution in [0.5, 0.6) is 0 Å². The summed E-state index contributed by atoms with van der Waals surface area (Å²) < 4.78 is 0.760. The molecule has 0 aliphatic carbocycles. The number of thioether (sulfide) groups is 1. The van der Waals surface area contributed by atoms with Crippen molar-refractivity contribution in [2.24, 2.45) is 5.10 Å². The molecule has 2 aromatic carbocycles. The van der Waals surface area contributed by atoms with Gasteiger partial charge in [0.2, 0.25) is 5.13 Å². The number of anilines is 2. The minimum absolute atomic E-state index is 0.0143. The number of amides is 1. The van der Waals surface area contributed by atoms with Crippen molar-refractivity contribution in [3.8, 4) is 0 Å². The Kier molecular flexibility index (Phi) is 5.68. The van der Waals surface area contributed by atoms with Crippen LogP contribution in [0.1, 0.15) is 17.5 Å². The predicted octanol–water partition coefficient (Wildman–Crippen LogP) is 4.32. The molecule has 1 amide bonds. The monoisotopic (exact) mass is 409 g/mol. The summed E-state index contributed by atoms with van der Waals surface area (Å²) in [4.78, 5) is 12.5. The summed E-state index contributed by atoms with van der Waals surface area (Å²) >= 11 is 2.83. The molecule has 0 atom stereocenters. The van der Waals surface area contributed by atoms with E-state index in [-0.39, 0.29) is 5.91 Å². The maximum atomic E-state index is 12.5. The molecule has 2 heterocycles. The number of aromatic nitrogens is 2. The number of hydrogen-bond donors (Lipinski definition) is 1. The smallest absolute Gasteiger partial charge is 0.253 e. The van der Waals surface area contributed by atoms with Crippen molar-refractivity contribution in [3.63, 3.8) is 0 Å². The summed E-state index contributed by atoms with van der Waals surface area (Å²) in [6.45, 7) is 2.66. The van der Waals surface area contributed by atoms with Crippen LogP contribution in [0.4, 0.5) is 10.8 Å². The van der Waals surface area contributed by atoms with E-state index in [2.05, 4.69) is 20.6 Å². The Balaban J connectivity index is 1.33. The number of nitrogens with one attached hydrogen (secondary N) is 1. The van der Waals surface area contributed by atoms with Crippen LogP contribution in [-0.4, -0.2) is 39.1 Å². The third kappa shape index (κ3) is 4.40. The highest BCUT2D eigenvalue weighted by molar-refractivity contribution is 8.01. The van der Waals surface area contributed by atoms with E-state index >= 15 is 0 Å². The van der Waals surface area contributed by atoms with Gasteiger partial charge in [-0.1, -0.05) is 71.6 Å². The van der Waals surface area contributed by atoms with E-state index in [0.29, 0.717) is 12.3 Å². The molecule has 0 bridgehead atoms. The number of hydrogen-bond acceptors (Lipinski definition) is 7. The quantitative estimate of drug-likeness (QED) is 0.614. The van der Waals surface area contributed by atoms with Gasteiger partial charge >= 0.3 is 0 Å². The maximum Gasteiger partial charge on any atom is 0.253 e. The number of para-hydroxylation sites is 1. The molecule has 0 unspecified atom stereocenters. The number of nitrogens with zero attached hydrogens (tertiary/aromatic N) is 4. The summed E-state index contributed by atoms with van der Waals surface area (Å²) in [6, 6.07) is 18.0. The van der Waals surface area contributed by atoms with Gasteiger partial charge in [-0.15, -0.1) is 10.2 Å². The fraction of sp³-hybridized carbons (Fsp3) is 0.200. The Labute approximate surface area is 171 Å². The Morgan fingerprint density at radius 1 is 1.14 bits per heavy atom. The topological polar surface area (TPSA) is 70.5 Å². The molecule has 0 spiro atoms. The van der Waals surface area contributed by atoms with Gasteiger partial charge in [0.1, 0.15) is 0 Å². The fourth-order valence-electron chi connectivity index (χ4n) is 2.82. The van der Waals surface area contributed by atoms with Crippen molar-refractivity contribution in [1.29, 1.82) is 0 Å². The zero-order valence-electron chi connectivity index (χ0n) is 15.3. The number of aryl methyl sites for hydroxylation is 1. The molecule has 1 aliphatic rings. The Morgan fingerprint density at radius 2 is 1.93 bits per heavy atom. The van der Waals surface area contributed by atoms with Crippen LogP contribution in [-0.2, 0) is 4.79 Å². The van der Waals surface area contributed by atoms with Gasteiger partial charge in [-0.25, -0.2) is 5.01 Å². The van der Waals surface area contributed by atoms with Gasteiger partial charge in [-0.3, -0.25) is 4.79 Å². The zero-order valence-corrected chi connectivity index (χ0v) is 17.0. The van der Waals surface area contributed by atoms with E-state index < -0.39 is 0 Å². The summed E-state index contributed by atoms with van der Waals surface area (Å²) in [7, 11) is 0. The van der Waals surface area contributed by atoms with Crippen LogP contribution >= 0.6 is 23.1 Å². The lowest BCUT2D eigenvalue weighted by Gasteiger charge is -2.09. The van der Waals surface area contributed by atoms with Crippen LogP contribution in [0.2, 0.25) is 0 Å². The Morgan fingerprint density at radius 3 is 2.75 bits per heavy atom. The van der Waals surface area contributed by atoms with E-state index in [1.54, 1.807) is 5.01 Å². The van der Waals surface area contributed by atoms with Crippen molar-refractivity contribution in [2.45, 2.75) is 17.7 Å². The molecule has 28 heavy (non-hydrogen) atoms. The van der Waals surface area contributed by atoms with Crippen molar-refractivity contribution in [1.82, 2.24) is 15.2 Å². The van der Waals surface area contributed by atoms with E-state index in [1.165, 1.54) is 23.1 Å². The van der Waals surface area contributed by atoms with E-state index in [0.717, 1.165) is 38.4 Å². The highest BCUT2D eigenvalue weighted by Gasteiger charge is 2.22. The van der Waals surface area contributed by atoms with Gasteiger partial charge in [-0.05, 0) is 24.1 Å². The van der Waals surface area contributed by atoms with Crippen LogP contribution in [0.25, 0.3) is 0 Å². The standard InChI is InChI=1S/C20H19N5OS2/c1-14-7-5-6-10-16(14)21-19-22-23-20(28-19)27-13-18(26)25-12-11-17(24-25)15-8-3-2-4-9-15/h2-10H,11-13H2,1H3,(H,21,22). The number of carbonyl (C=O) groups is 1. The van der Waals surface area contributed by atoms with Gasteiger partial charge in [0, 0.05) is 12.1 Å². The minimum Gasteiger partial charge on any atom is -0.330 e. The van der Waals surface area contributed by atoms with Crippen molar-refractivity contribution in [3.05, 3.63) is 65.7 Å².